The lowest BCUT2D eigenvalue weighted by atomic mass is 10.0. The van der Waals surface area contributed by atoms with Crippen molar-refractivity contribution in [2.45, 2.75) is 20.3 Å². The Balaban J connectivity index is 3.22. The fraction of sp³-hybridized carbons (Fsp3) is 0.417. The van der Waals surface area contributed by atoms with Crippen LogP contribution < -0.4 is 4.90 Å². The van der Waals surface area contributed by atoms with Crippen molar-refractivity contribution in [3.8, 4) is 6.07 Å². The molecule has 0 bridgehead atoms. The van der Waals surface area contributed by atoms with Gasteiger partial charge in [-0.2, -0.15) is 5.26 Å². The number of hydrogen-bond donors (Lipinski definition) is 0. The lowest BCUT2D eigenvalue weighted by Crippen LogP contribution is -2.11. The van der Waals surface area contributed by atoms with Crippen LogP contribution in [0.5, 0.6) is 0 Å². The Hall–Kier alpha value is -1.49. The van der Waals surface area contributed by atoms with Gasteiger partial charge in [0.25, 0.3) is 0 Å². The van der Waals surface area contributed by atoms with Gasteiger partial charge in [0.15, 0.2) is 0 Å². The molecule has 1 rings (SSSR count). The van der Waals surface area contributed by atoms with Crippen LogP contribution >= 0.6 is 0 Å². The van der Waals surface area contributed by atoms with Gasteiger partial charge in [0.2, 0.25) is 0 Å². The number of nitriles is 1. The van der Waals surface area contributed by atoms with Gasteiger partial charge in [0.05, 0.1) is 12.5 Å². The van der Waals surface area contributed by atoms with Crippen LogP contribution in [0.3, 0.4) is 0 Å². The first-order valence-corrected chi connectivity index (χ1v) is 4.70. The molecule has 14 heavy (non-hydrogen) atoms. The monoisotopic (exact) mass is 188 g/mol. The molecule has 0 aromatic heterocycles. The first kappa shape index (κ1) is 10.6. The van der Waals surface area contributed by atoms with Gasteiger partial charge in [0.1, 0.15) is 0 Å². The molecule has 0 fully saturated rings. The Bertz CT molecular complexity index is 373. The maximum Gasteiger partial charge on any atom is 0.0669 e. The molecule has 0 aliphatic rings. The number of rotatable bonds is 2. The lowest BCUT2D eigenvalue weighted by molar-refractivity contribution is 1.09. The summed E-state index contributed by atoms with van der Waals surface area (Å²) < 4.78 is 0. The average Bonchev–Trinajstić information content (AvgIpc) is 2.11. The molecule has 0 amide bonds. The van der Waals surface area contributed by atoms with Gasteiger partial charge in [0, 0.05) is 19.8 Å². The minimum atomic E-state index is 0.488. The quantitative estimate of drug-likeness (QED) is 0.712. The Morgan fingerprint density at radius 3 is 2.43 bits per heavy atom. The molecule has 0 N–H and O–H groups in total. The van der Waals surface area contributed by atoms with Crippen molar-refractivity contribution in [1.82, 2.24) is 0 Å². The van der Waals surface area contributed by atoms with E-state index in [0.29, 0.717) is 6.42 Å². The third-order valence-electron chi connectivity index (χ3n) is 2.46. The number of aryl methyl sites for hydroxylation is 1. The minimum Gasteiger partial charge on any atom is -0.377 e. The van der Waals surface area contributed by atoms with E-state index in [1.54, 1.807) is 0 Å². The van der Waals surface area contributed by atoms with E-state index in [9.17, 15) is 0 Å². The molecule has 0 heterocycles. The molecule has 1 aromatic carbocycles. The molecule has 0 spiro atoms. The van der Waals surface area contributed by atoms with Gasteiger partial charge in [-0.3, -0.25) is 0 Å². The second-order valence-corrected chi connectivity index (χ2v) is 3.79. The van der Waals surface area contributed by atoms with E-state index in [4.69, 9.17) is 5.26 Å². The Morgan fingerprint density at radius 1 is 1.29 bits per heavy atom. The number of benzene rings is 1. The molecule has 0 radical (unpaired) electrons. The number of hydrogen-bond acceptors (Lipinski definition) is 2. The van der Waals surface area contributed by atoms with Crippen molar-refractivity contribution in [2.24, 2.45) is 0 Å². The summed E-state index contributed by atoms with van der Waals surface area (Å²) >= 11 is 0. The predicted octanol–water partition coefficient (Wildman–Crippen LogP) is 2.44. The zero-order chi connectivity index (χ0) is 10.7. The minimum absolute atomic E-state index is 0.488. The van der Waals surface area contributed by atoms with Crippen molar-refractivity contribution in [1.29, 1.82) is 5.26 Å². The first-order valence-electron chi connectivity index (χ1n) is 4.70. The van der Waals surface area contributed by atoms with Crippen LogP contribution in [0.15, 0.2) is 12.1 Å². The molecule has 0 aliphatic carbocycles. The Labute approximate surface area is 85.8 Å². The first-order chi connectivity index (χ1) is 6.56. The highest BCUT2D eigenvalue weighted by Gasteiger charge is 2.05. The van der Waals surface area contributed by atoms with Crippen molar-refractivity contribution in [2.75, 3.05) is 19.0 Å². The van der Waals surface area contributed by atoms with Crippen molar-refractivity contribution in [3.05, 3.63) is 28.8 Å². The summed E-state index contributed by atoms with van der Waals surface area (Å²) in [5, 5.41) is 8.65. The zero-order valence-electron chi connectivity index (χ0n) is 9.26. The summed E-state index contributed by atoms with van der Waals surface area (Å²) in [7, 11) is 4.05. The highest BCUT2D eigenvalue weighted by molar-refractivity contribution is 5.57. The Kier molecular flexibility index (Phi) is 3.14. The number of nitrogens with zero attached hydrogens (tertiary/aromatic N) is 2. The van der Waals surface area contributed by atoms with E-state index in [2.05, 4.69) is 36.9 Å². The van der Waals surface area contributed by atoms with E-state index in [0.717, 1.165) is 5.56 Å². The molecule has 0 aliphatic heterocycles. The zero-order valence-corrected chi connectivity index (χ0v) is 9.26. The summed E-state index contributed by atoms with van der Waals surface area (Å²) in [5.74, 6) is 0. The van der Waals surface area contributed by atoms with Crippen LogP contribution in [0, 0.1) is 25.2 Å². The van der Waals surface area contributed by atoms with Gasteiger partial charge >= 0.3 is 0 Å². The lowest BCUT2D eigenvalue weighted by Gasteiger charge is -2.18. The fourth-order valence-corrected chi connectivity index (χ4v) is 1.57. The third kappa shape index (κ3) is 2.05. The van der Waals surface area contributed by atoms with E-state index >= 15 is 0 Å². The second-order valence-electron chi connectivity index (χ2n) is 3.79. The molecular weight excluding hydrogens is 172 g/mol. The Morgan fingerprint density at radius 2 is 1.93 bits per heavy atom. The number of anilines is 1. The van der Waals surface area contributed by atoms with Gasteiger partial charge in [-0.15, -0.1) is 0 Å². The summed E-state index contributed by atoms with van der Waals surface area (Å²) in [4.78, 5) is 2.09. The topological polar surface area (TPSA) is 27.0 Å². The molecule has 2 heteroatoms. The molecule has 1 aromatic rings. The van der Waals surface area contributed by atoms with Gasteiger partial charge in [-0.05, 0) is 36.6 Å². The third-order valence-corrected chi connectivity index (χ3v) is 2.46. The molecule has 0 unspecified atom stereocenters. The van der Waals surface area contributed by atoms with Gasteiger partial charge in [-0.25, -0.2) is 0 Å². The summed E-state index contributed by atoms with van der Waals surface area (Å²) in [6, 6.07) is 6.36. The van der Waals surface area contributed by atoms with Gasteiger partial charge in [-0.1, -0.05) is 6.07 Å². The molecule has 0 atom stereocenters. The van der Waals surface area contributed by atoms with Crippen molar-refractivity contribution >= 4 is 5.69 Å². The molecular formula is C12H16N2. The SMILES string of the molecule is Cc1cc(CC#N)cc(N(C)C)c1C. The summed E-state index contributed by atoms with van der Waals surface area (Å²) in [6.45, 7) is 4.20. The molecule has 2 nitrogen and oxygen atoms in total. The predicted molar refractivity (Wildman–Crippen MR) is 59.6 cm³/mol. The molecule has 0 saturated heterocycles. The largest absolute Gasteiger partial charge is 0.377 e. The van der Waals surface area contributed by atoms with E-state index < -0.39 is 0 Å². The summed E-state index contributed by atoms with van der Waals surface area (Å²) in [5.41, 5.74) is 4.84. The smallest absolute Gasteiger partial charge is 0.0669 e. The van der Waals surface area contributed by atoms with E-state index in [1.165, 1.54) is 16.8 Å². The second kappa shape index (κ2) is 4.15. The highest BCUT2D eigenvalue weighted by atomic mass is 15.1. The normalized spacial score (nSPS) is 9.64. The van der Waals surface area contributed by atoms with Crippen LogP contribution in [0.25, 0.3) is 0 Å². The van der Waals surface area contributed by atoms with Crippen LogP contribution in [-0.4, -0.2) is 14.1 Å². The van der Waals surface area contributed by atoms with Crippen LogP contribution in [0.4, 0.5) is 5.69 Å². The van der Waals surface area contributed by atoms with E-state index in [1.807, 2.05) is 14.1 Å². The van der Waals surface area contributed by atoms with Crippen LogP contribution in [0.2, 0.25) is 0 Å². The van der Waals surface area contributed by atoms with Crippen molar-refractivity contribution < 1.29 is 0 Å². The standard InChI is InChI=1S/C12H16N2/c1-9-7-11(5-6-13)8-12(10(9)2)14(3)4/h7-8H,5H2,1-4H3. The van der Waals surface area contributed by atoms with Crippen molar-refractivity contribution in [3.63, 3.8) is 0 Å². The van der Waals surface area contributed by atoms with Crippen LogP contribution in [-0.2, 0) is 6.42 Å². The highest BCUT2D eigenvalue weighted by Crippen LogP contribution is 2.23. The average molecular weight is 188 g/mol. The van der Waals surface area contributed by atoms with E-state index in [-0.39, 0.29) is 0 Å². The maximum absolute atomic E-state index is 8.65. The fourth-order valence-electron chi connectivity index (χ4n) is 1.57. The molecule has 74 valence electrons. The van der Waals surface area contributed by atoms with Crippen LogP contribution in [0.1, 0.15) is 16.7 Å². The van der Waals surface area contributed by atoms with Gasteiger partial charge < -0.3 is 4.90 Å². The molecule has 0 saturated carbocycles. The summed E-state index contributed by atoms with van der Waals surface area (Å²) in [6.07, 6.45) is 0.488. The maximum atomic E-state index is 8.65.